The van der Waals surface area contributed by atoms with Gasteiger partial charge in [0.25, 0.3) is 5.91 Å². The Morgan fingerprint density at radius 2 is 1.95 bits per heavy atom. The third-order valence-corrected chi connectivity index (χ3v) is 4.37. The predicted octanol–water partition coefficient (Wildman–Crippen LogP) is 3.53. The van der Waals surface area contributed by atoms with Crippen molar-refractivity contribution >= 4 is 45.0 Å². The first-order chi connectivity index (χ1) is 10.6. The van der Waals surface area contributed by atoms with Gasteiger partial charge < -0.3 is 10.1 Å². The highest BCUT2D eigenvalue weighted by molar-refractivity contribution is 9.11. The van der Waals surface area contributed by atoms with Gasteiger partial charge in [0, 0.05) is 17.5 Å². The van der Waals surface area contributed by atoms with Crippen LogP contribution in [0.1, 0.15) is 15.2 Å². The van der Waals surface area contributed by atoms with Crippen molar-refractivity contribution in [3.63, 3.8) is 0 Å². The van der Waals surface area contributed by atoms with Crippen LogP contribution in [-0.4, -0.2) is 25.3 Å². The van der Waals surface area contributed by atoms with E-state index in [0.29, 0.717) is 11.3 Å². The average Bonchev–Trinajstić information content (AvgIpc) is 2.96. The lowest BCUT2D eigenvalue weighted by Gasteiger charge is -2.05. The van der Waals surface area contributed by atoms with Crippen molar-refractivity contribution in [3.8, 4) is 5.75 Å². The highest BCUT2D eigenvalue weighted by Crippen LogP contribution is 2.23. The van der Waals surface area contributed by atoms with Gasteiger partial charge in [0.05, 0.1) is 3.79 Å². The molecule has 0 bridgehead atoms. The molecular weight excluding hydrogens is 366 g/mol. The summed E-state index contributed by atoms with van der Waals surface area (Å²) in [6.45, 7) is -0.0447. The van der Waals surface area contributed by atoms with Crippen LogP contribution in [-0.2, 0) is 4.79 Å². The molecule has 0 radical (unpaired) electrons. The molecule has 0 saturated carbocycles. The molecule has 114 valence electrons. The summed E-state index contributed by atoms with van der Waals surface area (Å²) in [5.74, 6) is 0.263. The Labute approximate surface area is 140 Å². The summed E-state index contributed by atoms with van der Waals surface area (Å²) in [6, 6.07) is 10.6. The van der Waals surface area contributed by atoms with Crippen LogP contribution in [0.15, 0.2) is 46.3 Å². The summed E-state index contributed by atoms with van der Waals surface area (Å²) in [6.07, 6.45) is 3.33. The molecule has 1 heterocycles. The number of ketones is 1. The number of amides is 1. The molecule has 1 aromatic carbocycles. The Bertz CT molecular complexity index is 692. The molecule has 0 aliphatic rings. The number of allylic oxidation sites excluding steroid dienone is 1. The van der Waals surface area contributed by atoms with Gasteiger partial charge in [-0.25, -0.2) is 0 Å². The molecule has 6 heteroatoms. The monoisotopic (exact) mass is 379 g/mol. The van der Waals surface area contributed by atoms with E-state index >= 15 is 0 Å². The maximum Gasteiger partial charge on any atom is 0.257 e. The van der Waals surface area contributed by atoms with Crippen LogP contribution in [0, 0.1) is 0 Å². The third kappa shape index (κ3) is 4.82. The molecule has 1 aromatic heterocycles. The lowest BCUT2D eigenvalue weighted by atomic mass is 10.1. The van der Waals surface area contributed by atoms with E-state index in [-0.39, 0.29) is 18.3 Å². The second-order valence-corrected chi connectivity index (χ2v) is 6.82. The van der Waals surface area contributed by atoms with Crippen LogP contribution in [0.3, 0.4) is 0 Å². The Kier molecular flexibility index (Phi) is 5.91. The fourth-order valence-corrected chi connectivity index (χ4v) is 2.93. The van der Waals surface area contributed by atoms with E-state index in [9.17, 15) is 9.59 Å². The van der Waals surface area contributed by atoms with Gasteiger partial charge in [0.1, 0.15) is 5.75 Å². The zero-order valence-corrected chi connectivity index (χ0v) is 14.2. The molecule has 2 rings (SSSR count). The first-order valence-corrected chi connectivity index (χ1v) is 8.10. The number of likely N-dealkylation sites (N-methyl/N-ethyl adjacent to an activating group) is 1. The molecule has 1 N–H and O–H groups in total. The molecule has 0 aliphatic carbocycles. The molecule has 2 aromatic rings. The summed E-state index contributed by atoms with van der Waals surface area (Å²) in [5, 5.41) is 2.47. The quantitative estimate of drug-likeness (QED) is 0.616. The van der Waals surface area contributed by atoms with Gasteiger partial charge in [-0.05, 0) is 64.5 Å². The molecule has 0 spiro atoms. The highest BCUT2D eigenvalue weighted by atomic mass is 79.9. The van der Waals surface area contributed by atoms with Crippen LogP contribution in [0.25, 0.3) is 6.08 Å². The van der Waals surface area contributed by atoms with E-state index in [1.165, 1.54) is 0 Å². The van der Waals surface area contributed by atoms with Gasteiger partial charge in [-0.1, -0.05) is 0 Å². The number of hydrogen-bond donors (Lipinski definition) is 1. The van der Waals surface area contributed by atoms with Crippen LogP contribution in [0.2, 0.25) is 0 Å². The summed E-state index contributed by atoms with van der Waals surface area (Å²) < 4.78 is 6.31. The van der Waals surface area contributed by atoms with Crippen LogP contribution in [0.5, 0.6) is 5.75 Å². The zero-order valence-electron chi connectivity index (χ0n) is 11.8. The molecule has 0 fully saturated rings. The molecule has 0 aliphatic heterocycles. The van der Waals surface area contributed by atoms with Crippen molar-refractivity contribution in [1.29, 1.82) is 0 Å². The van der Waals surface area contributed by atoms with Crippen LogP contribution < -0.4 is 10.1 Å². The minimum Gasteiger partial charge on any atom is -0.484 e. The van der Waals surface area contributed by atoms with E-state index in [0.717, 1.165) is 8.66 Å². The van der Waals surface area contributed by atoms with Crippen LogP contribution in [0.4, 0.5) is 0 Å². The molecule has 22 heavy (non-hydrogen) atoms. The van der Waals surface area contributed by atoms with Gasteiger partial charge in [0.15, 0.2) is 12.4 Å². The van der Waals surface area contributed by atoms with E-state index in [1.54, 1.807) is 54.8 Å². The minimum absolute atomic E-state index is 0.0447. The number of carbonyl (C=O) groups excluding carboxylic acids is 2. The summed E-state index contributed by atoms with van der Waals surface area (Å²) in [4.78, 5) is 24.1. The number of halogens is 1. The lowest BCUT2D eigenvalue weighted by molar-refractivity contribution is -0.122. The summed E-state index contributed by atoms with van der Waals surface area (Å²) >= 11 is 4.94. The highest BCUT2D eigenvalue weighted by Gasteiger charge is 2.04. The van der Waals surface area contributed by atoms with Crippen molar-refractivity contribution in [1.82, 2.24) is 5.32 Å². The fraction of sp³-hybridized carbons (Fsp3) is 0.125. The molecule has 0 atom stereocenters. The fourth-order valence-electron chi connectivity index (χ4n) is 1.61. The Morgan fingerprint density at radius 1 is 1.23 bits per heavy atom. The normalized spacial score (nSPS) is 10.6. The van der Waals surface area contributed by atoms with Crippen molar-refractivity contribution in [2.45, 2.75) is 0 Å². The third-order valence-electron chi connectivity index (χ3n) is 2.78. The number of hydrogen-bond acceptors (Lipinski definition) is 4. The van der Waals surface area contributed by atoms with Crippen LogP contribution >= 0.6 is 27.3 Å². The molecule has 4 nitrogen and oxygen atoms in total. The molecular formula is C16H14BrNO3S. The van der Waals surface area contributed by atoms with Gasteiger partial charge in [-0.3, -0.25) is 9.59 Å². The number of ether oxygens (including phenoxy) is 1. The van der Waals surface area contributed by atoms with E-state index in [2.05, 4.69) is 21.2 Å². The first kappa shape index (κ1) is 16.5. The second kappa shape index (κ2) is 7.91. The summed E-state index contributed by atoms with van der Waals surface area (Å²) in [5.41, 5.74) is 0.569. The van der Waals surface area contributed by atoms with E-state index in [1.807, 2.05) is 12.1 Å². The SMILES string of the molecule is CNC(=O)COc1ccc(C(=O)/C=C/c2ccc(Br)s2)cc1. The smallest absolute Gasteiger partial charge is 0.257 e. The number of benzene rings is 1. The Morgan fingerprint density at radius 3 is 2.55 bits per heavy atom. The molecule has 1 amide bonds. The predicted molar refractivity (Wildman–Crippen MR) is 91.4 cm³/mol. The molecule has 0 unspecified atom stereocenters. The van der Waals surface area contributed by atoms with Gasteiger partial charge in [-0.2, -0.15) is 0 Å². The summed E-state index contributed by atoms with van der Waals surface area (Å²) in [7, 11) is 1.55. The lowest BCUT2D eigenvalue weighted by Crippen LogP contribution is -2.24. The second-order valence-electron chi connectivity index (χ2n) is 4.33. The largest absolute Gasteiger partial charge is 0.484 e. The zero-order chi connectivity index (χ0) is 15.9. The Hall–Kier alpha value is -1.92. The minimum atomic E-state index is -0.204. The van der Waals surface area contributed by atoms with Gasteiger partial charge in [0.2, 0.25) is 0 Å². The van der Waals surface area contributed by atoms with Crippen molar-refractivity contribution < 1.29 is 14.3 Å². The number of carbonyl (C=O) groups is 2. The maximum absolute atomic E-state index is 12.0. The maximum atomic E-state index is 12.0. The standard InChI is InChI=1S/C16H14BrNO3S/c1-18-16(20)10-21-12-4-2-11(3-5-12)14(19)8-6-13-7-9-15(17)22-13/h2-9H,10H2,1H3,(H,18,20)/b8-6+. The van der Waals surface area contributed by atoms with E-state index < -0.39 is 0 Å². The number of nitrogens with one attached hydrogen (secondary N) is 1. The van der Waals surface area contributed by atoms with Crippen molar-refractivity contribution in [2.75, 3.05) is 13.7 Å². The number of thiophene rings is 1. The first-order valence-electron chi connectivity index (χ1n) is 6.49. The van der Waals surface area contributed by atoms with E-state index in [4.69, 9.17) is 4.74 Å². The average molecular weight is 380 g/mol. The van der Waals surface area contributed by atoms with Crippen molar-refractivity contribution in [3.05, 3.63) is 56.7 Å². The topological polar surface area (TPSA) is 55.4 Å². The van der Waals surface area contributed by atoms with Crippen molar-refractivity contribution in [2.24, 2.45) is 0 Å². The van der Waals surface area contributed by atoms with Gasteiger partial charge in [-0.15, -0.1) is 11.3 Å². The number of rotatable bonds is 6. The van der Waals surface area contributed by atoms with Gasteiger partial charge >= 0.3 is 0 Å². The molecule has 0 saturated heterocycles. The Balaban J connectivity index is 1.96.